The van der Waals surface area contributed by atoms with Crippen LogP contribution < -0.4 is 0 Å². The highest BCUT2D eigenvalue weighted by Crippen LogP contribution is 2.27. The monoisotopic (exact) mass is 216 g/mol. The highest BCUT2D eigenvalue weighted by atomic mass is 16.7. The van der Waals surface area contributed by atoms with Gasteiger partial charge in [0.1, 0.15) is 6.79 Å². The number of esters is 1. The van der Waals surface area contributed by atoms with Crippen molar-refractivity contribution >= 4 is 5.97 Å². The van der Waals surface area contributed by atoms with Crippen LogP contribution in [0.25, 0.3) is 0 Å². The number of methoxy groups -OCH3 is 1. The van der Waals surface area contributed by atoms with Crippen molar-refractivity contribution in [2.45, 2.75) is 38.7 Å². The number of hydrogen-bond acceptors (Lipinski definition) is 4. The van der Waals surface area contributed by atoms with Crippen LogP contribution >= 0.6 is 0 Å². The molecule has 1 saturated carbocycles. The van der Waals surface area contributed by atoms with E-state index in [9.17, 15) is 4.79 Å². The molecule has 0 atom stereocenters. The molecule has 0 N–H and O–H groups in total. The van der Waals surface area contributed by atoms with E-state index in [4.69, 9.17) is 14.2 Å². The number of ether oxygens (including phenoxy) is 3. The molecule has 0 amide bonds. The van der Waals surface area contributed by atoms with Gasteiger partial charge < -0.3 is 14.2 Å². The Morgan fingerprint density at radius 1 is 1.27 bits per heavy atom. The zero-order valence-corrected chi connectivity index (χ0v) is 9.53. The first kappa shape index (κ1) is 12.5. The van der Waals surface area contributed by atoms with Crippen molar-refractivity contribution in [2.75, 3.05) is 20.5 Å². The van der Waals surface area contributed by atoms with Crippen molar-refractivity contribution in [1.82, 2.24) is 0 Å². The molecule has 88 valence electrons. The summed E-state index contributed by atoms with van der Waals surface area (Å²) in [6.07, 6.45) is 3.83. The topological polar surface area (TPSA) is 44.8 Å². The molecule has 0 spiro atoms. The Hall–Kier alpha value is -0.610. The van der Waals surface area contributed by atoms with E-state index >= 15 is 0 Å². The maximum absolute atomic E-state index is 11.4. The SMILES string of the molecule is CCOC(=O)[C@H]1CC[C@H](OCOC)CC1. The molecule has 0 aromatic carbocycles. The molecular formula is C11H20O4. The fourth-order valence-corrected chi connectivity index (χ4v) is 1.89. The number of hydrogen-bond donors (Lipinski definition) is 0. The van der Waals surface area contributed by atoms with Crippen LogP contribution in [0.3, 0.4) is 0 Å². The van der Waals surface area contributed by atoms with E-state index in [-0.39, 0.29) is 18.0 Å². The second-order valence-corrected chi connectivity index (χ2v) is 3.80. The van der Waals surface area contributed by atoms with E-state index in [0.29, 0.717) is 13.4 Å². The first-order valence-corrected chi connectivity index (χ1v) is 5.55. The van der Waals surface area contributed by atoms with Gasteiger partial charge in [-0.3, -0.25) is 4.79 Å². The standard InChI is InChI=1S/C11H20O4/c1-3-14-11(12)9-4-6-10(7-5-9)15-8-13-2/h9-10H,3-8H2,1-2H3/t9-,10-. The molecule has 0 radical (unpaired) electrons. The van der Waals surface area contributed by atoms with Crippen molar-refractivity contribution in [3.8, 4) is 0 Å². The first-order valence-electron chi connectivity index (χ1n) is 5.55. The highest BCUT2D eigenvalue weighted by molar-refractivity contribution is 5.72. The van der Waals surface area contributed by atoms with Crippen LogP contribution in [0.5, 0.6) is 0 Å². The van der Waals surface area contributed by atoms with Gasteiger partial charge in [-0.2, -0.15) is 0 Å². The maximum Gasteiger partial charge on any atom is 0.308 e. The summed E-state index contributed by atoms with van der Waals surface area (Å²) in [5, 5.41) is 0. The van der Waals surface area contributed by atoms with Gasteiger partial charge in [0.15, 0.2) is 0 Å². The minimum atomic E-state index is -0.0531. The zero-order chi connectivity index (χ0) is 11.1. The number of carbonyl (C=O) groups is 1. The van der Waals surface area contributed by atoms with Gasteiger partial charge in [0.05, 0.1) is 18.6 Å². The molecule has 0 aromatic rings. The van der Waals surface area contributed by atoms with Crippen LogP contribution in [0.2, 0.25) is 0 Å². The quantitative estimate of drug-likeness (QED) is 0.518. The Labute approximate surface area is 90.9 Å². The van der Waals surface area contributed by atoms with Gasteiger partial charge in [0.25, 0.3) is 0 Å². The van der Waals surface area contributed by atoms with E-state index < -0.39 is 0 Å². The van der Waals surface area contributed by atoms with Crippen LogP contribution in [-0.2, 0) is 19.0 Å². The van der Waals surface area contributed by atoms with Crippen LogP contribution in [0.15, 0.2) is 0 Å². The van der Waals surface area contributed by atoms with Crippen LogP contribution in [-0.4, -0.2) is 32.6 Å². The van der Waals surface area contributed by atoms with Gasteiger partial charge in [-0.05, 0) is 32.6 Å². The van der Waals surface area contributed by atoms with Crippen molar-refractivity contribution in [3.63, 3.8) is 0 Å². The molecule has 4 heteroatoms. The lowest BCUT2D eigenvalue weighted by atomic mass is 9.87. The van der Waals surface area contributed by atoms with E-state index in [1.807, 2.05) is 6.92 Å². The largest absolute Gasteiger partial charge is 0.466 e. The van der Waals surface area contributed by atoms with E-state index in [0.717, 1.165) is 25.7 Å². The van der Waals surface area contributed by atoms with Crippen molar-refractivity contribution in [3.05, 3.63) is 0 Å². The summed E-state index contributed by atoms with van der Waals surface area (Å²) in [5.74, 6) is 0.0232. The van der Waals surface area contributed by atoms with E-state index in [1.54, 1.807) is 7.11 Å². The lowest BCUT2D eigenvalue weighted by Gasteiger charge is -2.26. The van der Waals surface area contributed by atoms with E-state index in [1.165, 1.54) is 0 Å². The summed E-state index contributed by atoms with van der Waals surface area (Å²) in [4.78, 5) is 11.4. The Balaban J connectivity index is 2.20. The molecule has 1 aliphatic carbocycles. The van der Waals surface area contributed by atoms with Gasteiger partial charge in [0, 0.05) is 7.11 Å². The normalized spacial score (nSPS) is 26.3. The smallest absolute Gasteiger partial charge is 0.308 e. The van der Waals surface area contributed by atoms with Crippen molar-refractivity contribution in [2.24, 2.45) is 5.92 Å². The Morgan fingerprint density at radius 3 is 2.47 bits per heavy atom. The number of carbonyl (C=O) groups excluding carboxylic acids is 1. The van der Waals surface area contributed by atoms with Crippen LogP contribution in [0.1, 0.15) is 32.6 Å². The average Bonchev–Trinajstić information content (AvgIpc) is 2.27. The third kappa shape index (κ3) is 4.18. The molecule has 0 unspecified atom stereocenters. The molecule has 4 nitrogen and oxygen atoms in total. The van der Waals surface area contributed by atoms with Crippen molar-refractivity contribution in [1.29, 1.82) is 0 Å². The average molecular weight is 216 g/mol. The number of rotatable bonds is 5. The Bertz CT molecular complexity index is 185. The predicted octanol–water partition coefficient (Wildman–Crippen LogP) is 1.73. The van der Waals surface area contributed by atoms with Crippen molar-refractivity contribution < 1.29 is 19.0 Å². The van der Waals surface area contributed by atoms with Crippen LogP contribution in [0, 0.1) is 5.92 Å². The molecule has 0 saturated heterocycles. The Kier molecular flexibility index (Phi) is 5.65. The second kappa shape index (κ2) is 6.80. The molecule has 1 rings (SSSR count). The molecule has 15 heavy (non-hydrogen) atoms. The van der Waals surface area contributed by atoms with Gasteiger partial charge in [-0.25, -0.2) is 0 Å². The van der Waals surface area contributed by atoms with Gasteiger partial charge in [-0.15, -0.1) is 0 Å². The summed E-state index contributed by atoms with van der Waals surface area (Å²) in [6.45, 7) is 2.65. The molecular weight excluding hydrogens is 196 g/mol. The van der Waals surface area contributed by atoms with Crippen LogP contribution in [0.4, 0.5) is 0 Å². The van der Waals surface area contributed by atoms with Gasteiger partial charge in [-0.1, -0.05) is 0 Å². The molecule has 1 aliphatic rings. The summed E-state index contributed by atoms with van der Waals surface area (Å²) in [5.41, 5.74) is 0. The van der Waals surface area contributed by atoms with E-state index in [2.05, 4.69) is 0 Å². The molecule has 0 heterocycles. The second-order valence-electron chi connectivity index (χ2n) is 3.80. The maximum atomic E-state index is 11.4. The predicted molar refractivity (Wildman–Crippen MR) is 55.3 cm³/mol. The summed E-state index contributed by atoms with van der Waals surface area (Å²) >= 11 is 0. The fraction of sp³-hybridized carbons (Fsp3) is 0.909. The summed E-state index contributed by atoms with van der Waals surface area (Å²) in [7, 11) is 1.62. The molecule has 0 aromatic heterocycles. The van der Waals surface area contributed by atoms with Gasteiger partial charge in [0.2, 0.25) is 0 Å². The zero-order valence-electron chi connectivity index (χ0n) is 9.53. The third-order valence-electron chi connectivity index (χ3n) is 2.72. The molecule has 0 aliphatic heterocycles. The minimum absolute atomic E-state index is 0.0531. The highest BCUT2D eigenvalue weighted by Gasteiger charge is 2.27. The molecule has 1 fully saturated rings. The minimum Gasteiger partial charge on any atom is -0.466 e. The fourth-order valence-electron chi connectivity index (χ4n) is 1.89. The van der Waals surface area contributed by atoms with Gasteiger partial charge >= 0.3 is 5.97 Å². The first-order chi connectivity index (χ1) is 7.27. The lowest BCUT2D eigenvalue weighted by molar-refractivity contribution is -0.151. The third-order valence-corrected chi connectivity index (χ3v) is 2.72. The summed E-state index contributed by atoms with van der Waals surface area (Å²) < 4.78 is 15.3. The Morgan fingerprint density at radius 2 is 1.93 bits per heavy atom. The summed E-state index contributed by atoms with van der Waals surface area (Å²) in [6, 6.07) is 0. The molecule has 0 bridgehead atoms. The lowest BCUT2D eigenvalue weighted by Crippen LogP contribution is -2.27.